The van der Waals surface area contributed by atoms with Crippen molar-refractivity contribution < 1.29 is 22.4 Å². The normalized spacial score (nSPS) is 12.0. The molecule has 0 aliphatic rings. The average Bonchev–Trinajstić information content (AvgIpc) is 2.89. The van der Waals surface area contributed by atoms with Crippen molar-refractivity contribution in [3.05, 3.63) is 94.8 Å². The number of nitrogens with one attached hydrogen (secondary N) is 1. The van der Waals surface area contributed by atoms with Gasteiger partial charge < -0.3 is 10.2 Å². The van der Waals surface area contributed by atoms with Crippen molar-refractivity contribution in [2.24, 2.45) is 0 Å². The summed E-state index contributed by atoms with van der Waals surface area (Å²) in [5.74, 6) is -1.47. The molecule has 38 heavy (non-hydrogen) atoms. The summed E-state index contributed by atoms with van der Waals surface area (Å²) in [5.41, 5.74) is 1.72. The van der Waals surface area contributed by atoms with Gasteiger partial charge in [-0.15, -0.1) is 0 Å². The van der Waals surface area contributed by atoms with Gasteiger partial charge in [0.15, 0.2) is 0 Å². The molecule has 0 bridgehead atoms. The lowest BCUT2D eigenvalue weighted by Gasteiger charge is -2.33. The van der Waals surface area contributed by atoms with E-state index in [-0.39, 0.29) is 23.0 Å². The minimum atomic E-state index is -4.21. The Labute approximate surface area is 228 Å². The average molecular weight is 560 g/mol. The van der Waals surface area contributed by atoms with Crippen molar-refractivity contribution >= 4 is 39.1 Å². The van der Waals surface area contributed by atoms with Crippen molar-refractivity contribution in [3.63, 3.8) is 0 Å². The number of aryl methyl sites for hydroxylation is 1. The maximum Gasteiger partial charge on any atom is 0.264 e. The Morgan fingerprint density at radius 3 is 2.11 bits per heavy atom. The molecule has 0 saturated carbocycles. The number of nitrogens with zero attached hydrogens (tertiary/aromatic N) is 2. The SMILES string of the molecule is CCNC(=O)[C@@H](CC)N(Cc1ccc(Cl)cc1)C(=O)CN(c1ccc(F)cc1)S(=O)(=O)c1ccc(C)cc1. The van der Waals surface area contributed by atoms with Crippen LogP contribution in [0.3, 0.4) is 0 Å². The van der Waals surface area contributed by atoms with Gasteiger partial charge in [0.2, 0.25) is 11.8 Å². The van der Waals surface area contributed by atoms with Gasteiger partial charge in [0.25, 0.3) is 10.0 Å². The van der Waals surface area contributed by atoms with Gasteiger partial charge in [-0.3, -0.25) is 13.9 Å². The third-order valence-electron chi connectivity index (χ3n) is 6.01. The zero-order valence-electron chi connectivity index (χ0n) is 21.5. The smallest absolute Gasteiger partial charge is 0.264 e. The van der Waals surface area contributed by atoms with Crippen molar-refractivity contribution in [2.75, 3.05) is 17.4 Å². The van der Waals surface area contributed by atoms with Crippen LogP contribution in [-0.2, 0) is 26.2 Å². The molecule has 0 aromatic heterocycles. The van der Waals surface area contributed by atoms with Gasteiger partial charge in [-0.2, -0.15) is 0 Å². The second kappa shape index (κ2) is 12.9. The fraction of sp³-hybridized carbons (Fsp3) is 0.286. The summed E-state index contributed by atoms with van der Waals surface area (Å²) in [5, 5.41) is 3.27. The van der Waals surface area contributed by atoms with Crippen LogP contribution in [0, 0.1) is 12.7 Å². The van der Waals surface area contributed by atoms with Gasteiger partial charge >= 0.3 is 0 Å². The number of amides is 2. The van der Waals surface area contributed by atoms with E-state index in [0.29, 0.717) is 18.0 Å². The maximum absolute atomic E-state index is 13.8. The first-order chi connectivity index (χ1) is 18.1. The highest BCUT2D eigenvalue weighted by atomic mass is 35.5. The first kappa shape index (κ1) is 29.1. The number of anilines is 1. The van der Waals surface area contributed by atoms with Gasteiger partial charge in [0.05, 0.1) is 10.6 Å². The van der Waals surface area contributed by atoms with Crippen LogP contribution in [0.5, 0.6) is 0 Å². The molecule has 10 heteroatoms. The third kappa shape index (κ3) is 7.11. The fourth-order valence-corrected chi connectivity index (χ4v) is 5.51. The molecule has 1 N–H and O–H groups in total. The summed E-state index contributed by atoms with van der Waals surface area (Å²) >= 11 is 6.01. The van der Waals surface area contributed by atoms with Crippen LogP contribution in [0.2, 0.25) is 5.02 Å². The predicted molar refractivity (Wildman–Crippen MR) is 147 cm³/mol. The number of likely N-dealkylation sites (N-methyl/N-ethyl adjacent to an activating group) is 1. The van der Waals surface area contributed by atoms with Gasteiger partial charge in [0.1, 0.15) is 18.4 Å². The summed E-state index contributed by atoms with van der Waals surface area (Å²) < 4.78 is 42.1. The minimum absolute atomic E-state index is 0.0137. The molecule has 1 atom stereocenters. The number of sulfonamides is 1. The molecule has 3 aromatic carbocycles. The zero-order chi connectivity index (χ0) is 27.9. The Balaban J connectivity index is 2.04. The lowest BCUT2D eigenvalue weighted by Crippen LogP contribution is -2.52. The van der Waals surface area contributed by atoms with Crippen LogP contribution in [0.4, 0.5) is 10.1 Å². The van der Waals surface area contributed by atoms with Crippen LogP contribution in [0.25, 0.3) is 0 Å². The van der Waals surface area contributed by atoms with Crippen LogP contribution in [-0.4, -0.2) is 44.3 Å². The monoisotopic (exact) mass is 559 g/mol. The lowest BCUT2D eigenvalue weighted by molar-refractivity contribution is -0.140. The molecular formula is C28H31ClFN3O4S. The van der Waals surface area contributed by atoms with Crippen molar-refractivity contribution in [1.29, 1.82) is 0 Å². The summed E-state index contributed by atoms with van der Waals surface area (Å²) in [6.07, 6.45) is 0.312. The van der Waals surface area contributed by atoms with E-state index in [0.717, 1.165) is 27.6 Å². The van der Waals surface area contributed by atoms with Crippen LogP contribution >= 0.6 is 11.6 Å². The third-order valence-corrected chi connectivity index (χ3v) is 8.05. The van der Waals surface area contributed by atoms with E-state index >= 15 is 0 Å². The lowest BCUT2D eigenvalue weighted by atomic mass is 10.1. The van der Waals surface area contributed by atoms with Crippen molar-refractivity contribution in [2.45, 2.75) is 44.7 Å². The Morgan fingerprint density at radius 1 is 0.947 bits per heavy atom. The first-order valence-corrected chi connectivity index (χ1v) is 14.0. The molecule has 202 valence electrons. The second-order valence-corrected chi connectivity index (χ2v) is 11.1. The van der Waals surface area contributed by atoms with Crippen LogP contribution < -0.4 is 9.62 Å². The van der Waals surface area contributed by atoms with Crippen molar-refractivity contribution in [1.82, 2.24) is 10.2 Å². The number of carbonyl (C=O) groups excluding carboxylic acids is 2. The van der Waals surface area contributed by atoms with E-state index in [1.165, 1.54) is 29.2 Å². The number of benzene rings is 3. The summed E-state index contributed by atoms with van der Waals surface area (Å²) in [7, 11) is -4.21. The molecule has 0 saturated heterocycles. The molecule has 0 spiro atoms. The largest absolute Gasteiger partial charge is 0.355 e. The fourth-order valence-electron chi connectivity index (χ4n) is 3.97. The molecular weight excluding hydrogens is 529 g/mol. The molecule has 0 aliphatic carbocycles. The van der Waals surface area contributed by atoms with Crippen LogP contribution in [0.15, 0.2) is 77.7 Å². The number of hydrogen-bond acceptors (Lipinski definition) is 4. The van der Waals surface area contributed by atoms with Gasteiger partial charge in [-0.1, -0.05) is 48.4 Å². The van der Waals surface area contributed by atoms with E-state index in [2.05, 4.69) is 5.32 Å². The Kier molecular flexibility index (Phi) is 9.88. The summed E-state index contributed by atoms with van der Waals surface area (Å²) in [4.78, 5) is 28.1. The molecule has 0 heterocycles. The maximum atomic E-state index is 13.8. The predicted octanol–water partition coefficient (Wildman–Crippen LogP) is 4.93. The Bertz CT molecular complexity index is 1350. The quantitative estimate of drug-likeness (QED) is 0.361. The topological polar surface area (TPSA) is 86.8 Å². The highest BCUT2D eigenvalue weighted by Gasteiger charge is 2.33. The van der Waals surface area contributed by atoms with E-state index in [1.54, 1.807) is 50.2 Å². The van der Waals surface area contributed by atoms with Gasteiger partial charge in [-0.05, 0) is 74.4 Å². The Hall–Kier alpha value is -3.43. The van der Waals surface area contributed by atoms with Crippen LogP contribution in [0.1, 0.15) is 31.4 Å². The molecule has 3 aromatic rings. The summed E-state index contributed by atoms with van der Waals surface area (Å²) in [6.45, 7) is 5.24. The minimum Gasteiger partial charge on any atom is -0.355 e. The number of hydrogen-bond donors (Lipinski definition) is 1. The molecule has 0 aliphatic heterocycles. The molecule has 7 nitrogen and oxygen atoms in total. The standard InChI is InChI=1S/C28H31ClFN3O4S/c1-4-26(28(35)31-5-2)32(18-21-8-10-22(29)11-9-21)27(34)19-33(24-14-12-23(30)13-15-24)38(36,37)25-16-6-20(3)7-17-25/h6-17,26H,4-5,18-19H2,1-3H3,(H,31,35)/t26-/m1/s1. The molecule has 0 radical (unpaired) electrons. The zero-order valence-corrected chi connectivity index (χ0v) is 23.1. The van der Waals surface area contributed by atoms with E-state index in [1.807, 2.05) is 6.92 Å². The summed E-state index contributed by atoms with van der Waals surface area (Å²) in [6, 6.07) is 17.1. The second-order valence-electron chi connectivity index (χ2n) is 8.77. The first-order valence-electron chi connectivity index (χ1n) is 12.2. The van der Waals surface area contributed by atoms with Gasteiger partial charge in [-0.25, -0.2) is 12.8 Å². The highest BCUT2D eigenvalue weighted by molar-refractivity contribution is 7.92. The number of halogens is 2. The number of rotatable bonds is 11. The van der Waals surface area contributed by atoms with E-state index < -0.39 is 34.3 Å². The molecule has 0 unspecified atom stereocenters. The molecule has 2 amide bonds. The Morgan fingerprint density at radius 2 is 1.55 bits per heavy atom. The van der Waals surface area contributed by atoms with E-state index in [9.17, 15) is 22.4 Å². The van der Waals surface area contributed by atoms with E-state index in [4.69, 9.17) is 11.6 Å². The van der Waals surface area contributed by atoms with Gasteiger partial charge in [0, 0.05) is 18.1 Å². The highest BCUT2D eigenvalue weighted by Crippen LogP contribution is 2.25. The van der Waals surface area contributed by atoms with Crippen molar-refractivity contribution in [3.8, 4) is 0 Å². The molecule has 3 rings (SSSR count). The number of carbonyl (C=O) groups is 2. The molecule has 0 fully saturated rings.